The van der Waals surface area contributed by atoms with Gasteiger partial charge in [0.05, 0.1) is 12.3 Å². The van der Waals surface area contributed by atoms with E-state index in [1.807, 2.05) is 0 Å². The van der Waals surface area contributed by atoms with Crippen LogP contribution in [0.15, 0.2) is 11.0 Å². The second-order valence-electron chi connectivity index (χ2n) is 4.64. The lowest BCUT2D eigenvalue weighted by atomic mass is 9.93. The molecule has 2 aromatic rings. The second-order valence-corrected chi connectivity index (χ2v) is 4.98. The number of nitrogens with zero attached hydrogens (tertiary/aromatic N) is 3. The van der Waals surface area contributed by atoms with Gasteiger partial charge in [-0.15, -0.1) is 0 Å². The minimum Gasteiger partial charge on any atom is -0.393 e. The predicted octanol–water partition coefficient (Wildman–Crippen LogP) is 1.25. The lowest BCUT2D eigenvalue weighted by Crippen LogP contribution is -2.27. The number of aliphatic hydroxyl groups is 1. The molecular formula is C11H13ClN4O2. The van der Waals surface area contributed by atoms with Crippen LogP contribution < -0.4 is 5.69 Å². The highest BCUT2D eigenvalue weighted by Gasteiger charge is 2.24. The van der Waals surface area contributed by atoms with Gasteiger partial charge in [0, 0.05) is 6.04 Å². The second kappa shape index (κ2) is 4.37. The van der Waals surface area contributed by atoms with E-state index in [2.05, 4.69) is 15.0 Å². The minimum atomic E-state index is -0.250. The molecule has 0 spiro atoms. The number of aliphatic hydroxyl groups excluding tert-OH is 1. The van der Waals surface area contributed by atoms with Crippen LogP contribution in [-0.4, -0.2) is 30.7 Å². The Bertz CT molecular complexity index is 627. The molecule has 1 saturated carbocycles. The summed E-state index contributed by atoms with van der Waals surface area (Å²) in [5.74, 6) is 0. The van der Waals surface area contributed by atoms with Gasteiger partial charge >= 0.3 is 5.69 Å². The smallest absolute Gasteiger partial charge is 0.327 e. The molecule has 96 valence electrons. The summed E-state index contributed by atoms with van der Waals surface area (Å²) < 4.78 is 1.63. The average molecular weight is 269 g/mol. The van der Waals surface area contributed by atoms with E-state index in [0.29, 0.717) is 24.0 Å². The summed E-state index contributed by atoms with van der Waals surface area (Å²) in [6.45, 7) is 0. The first-order valence-electron chi connectivity index (χ1n) is 5.96. The molecule has 1 fully saturated rings. The Labute approximate surface area is 108 Å². The number of aromatic amines is 1. The molecule has 1 aliphatic carbocycles. The Morgan fingerprint density at radius 3 is 2.83 bits per heavy atom. The van der Waals surface area contributed by atoms with Crippen molar-refractivity contribution >= 4 is 22.8 Å². The van der Waals surface area contributed by atoms with Crippen LogP contribution in [0.2, 0.25) is 5.28 Å². The van der Waals surface area contributed by atoms with Crippen LogP contribution in [0.4, 0.5) is 0 Å². The van der Waals surface area contributed by atoms with Crippen molar-refractivity contribution in [3.63, 3.8) is 0 Å². The number of imidazole rings is 1. The molecule has 1 aliphatic rings. The molecule has 0 unspecified atom stereocenters. The first-order chi connectivity index (χ1) is 8.65. The van der Waals surface area contributed by atoms with Gasteiger partial charge in [-0.25, -0.2) is 9.78 Å². The van der Waals surface area contributed by atoms with E-state index in [9.17, 15) is 9.90 Å². The summed E-state index contributed by atoms with van der Waals surface area (Å²) in [6.07, 6.45) is 4.23. The SMILES string of the molecule is O=c1[nH]c2cnc(Cl)nc2n1C1CCC(O)CC1. The number of rotatable bonds is 1. The van der Waals surface area contributed by atoms with E-state index < -0.39 is 0 Å². The molecule has 0 bridgehead atoms. The predicted molar refractivity (Wildman–Crippen MR) is 66.7 cm³/mol. The highest BCUT2D eigenvalue weighted by Crippen LogP contribution is 2.29. The van der Waals surface area contributed by atoms with Crippen LogP contribution in [-0.2, 0) is 0 Å². The van der Waals surface area contributed by atoms with Gasteiger partial charge < -0.3 is 10.1 Å². The van der Waals surface area contributed by atoms with Crippen molar-refractivity contribution < 1.29 is 5.11 Å². The standard InChI is InChI=1S/C11H13ClN4O2/c12-10-13-5-8-9(15-10)16(11(18)14-8)6-1-3-7(17)4-2-6/h5-7,17H,1-4H2,(H,14,18). The normalized spacial score (nSPS) is 24.6. The summed E-state index contributed by atoms with van der Waals surface area (Å²) in [5.41, 5.74) is 0.944. The fourth-order valence-electron chi connectivity index (χ4n) is 2.55. The number of hydrogen-bond acceptors (Lipinski definition) is 4. The van der Waals surface area contributed by atoms with Crippen LogP contribution in [0.25, 0.3) is 11.2 Å². The third-order valence-corrected chi connectivity index (χ3v) is 3.64. The van der Waals surface area contributed by atoms with Crippen molar-refractivity contribution in [1.82, 2.24) is 19.5 Å². The van der Waals surface area contributed by atoms with Gasteiger partial charge in [-0.05, 0) is 37.3 Å². The maximum absolute atomic E-state index is 12.0. The Hall–Kier alpha value is -1.40. The summed E-state index contributed by atoms with van der Waals surface area (Å²) in [7, 11) is 0. The number of H-pyrrole nitrogens is 1. The van der Waals surface area contributed by atoms with Crippen LogP contribution >= 0.6 is 11.6 Å². The van der Waals surface area contributed by atoms with Gasteiger partial charge in [-0.1, -0.05) is 0 Å². The maximum Gasteiger partial charge on any atom is 0.327 e. The van der Waals surface area contributed by atoms with Crippen LogP contribution in [0.3, 0.4) is 0 Å². The van der Waals surface area contributed by atoms with E-state index in [4.69, 9.17) is 11.6 Å². The molecule has 0 aromatic carbocycles. The molecule has 3 rings (SSSR count). The van der Waals surface area contributed by atoms with E-state index in [-0.39, 0.29) is 23.1 Å². The third-order valence-electron chi connectivity index (χ3n) is 3.46. The number of aromatic nitrogens is 4. The molecule has 2 heterocycles. The number of fused-ring (bicyclic) bond motifs is 1. The Balaban J connectivity index is 2.08. The van der Waals surface area contributed by atoms with E-state index >= 15 is 0 Å². The zero-order valence-corrected chi connectivity index (χ0v) is 10.4. The Kier molecular flexibility index (Phi) is 2.83. The molecule has 0 atom stereocenters. The monoisotopic (exact) mass is 268 g/mol. The molecule has 18 heavy (non-hydrogen) atoms. The zero-order valence-electron chi connectivity index (χ0n) is 9.64. The van der Waals surface area contributed by atoms with Crippen molar-refractivity contribution in [2.45, 2.75) is 37.8 Å². The molecule has 0 amide bonds. The van der Waals surface area contributed by atoms with Crippen LogP contribution in [0.5, 0.6) is 0 Å². The topological polar surface area (TPSA) is 83.8 Å². The summed E-state index contributed by atoms with van der Waals surface area (Å²) in [5, 5.41) is 9.64. The van der Waals surface area contributed by atoms with E-state index in [0.717, 1.165) is 12.8 Å². The van der Waals surface area contributed by atoms with Gasteiger partial charge in [0.15, 0.2) is 5.65 Å². The lowest BCUT2D eigenvalue weighted by Gasteiger charge is -2.25. The minimum absolute atomic E-state index is 0.0700. The average Bonchev–Trinajstić information content (AvgIpc) is 2.66. The van der Waals surface area contributed by atoms with Gasteiger partial charge in [0.25, 0.3) is 0 Å². The van der Waals surface area contributed by atoms with Crippen molar-refractivity contribution in [3.8, 4) is 0 Å². The quantitative estimate of drug-likeness (QED) is 0.763. The summed E-state index contributed by atoms with van der Waals surface area (Å²) >= 11 is 5.77. The fraction of sp³-hybridized carbons (Fsp3) is 0.545. The van der Waals surface area contributed by atoms with E-state index in [1.165, 1.54) is 6.20 Å². The Morgan fingerprint density at radius 1 is 1.39 bits per heavy atom. The van der Waals surface area contributed by atoms with Crippen LogP contribution in [0, 0.1) is 0 Å². The number of hydrogen-bond donors (Lipinski definition) is 2. The first kappa shape index (κ1) is 11.7. The molecule has 0 saturated heterocycles. The molecule has 2 aromatic heterocycles. The van der Waals surface area contributed by atoms with Crippen molar-refractivity contribution in [1.29, 1.82) is 0 Å². The summed E-state index contributed by atoms with van der Waals surface area (Å²) in [4.78, 5) is 22.7. The molecule has 0 aliphatic heterocycles. The molecular weight excluding hydrogens is 256 g/mol. The summed E-state index contributed by atoms with van der Waals surface area (Å²) in [6, 6.07) is 0.0700. The largest absolute Gasteiger partial charge is 0.393 e. The zero-order chi connectivity index (χ0) is 12.7. The first-order valence-corrected chi connectivity index (χ1v) is 6.34. The van der Waals surface area contributed by atoms with Gasteiger partial charge in [0.2, 0.25) is 5.28 Å². The molecule has 7 heteroatoms. The Morgan fingerprint density at radius 2 is 2.11 bits per heavy atom. The third kappa shape index (κ3) is 1.91. The van der Waals surface area contributed by atoms with Crippen molar-refractivity contribution in [3.05, 3.63) is 22.0 Å². The highest BCUT2D eigenvalue weighted by molar-refractivity contribution is 6.28. The molecule has 6 nitrogen and oxygen atoms in total. The fourth-order valence-corrected chi connectivity index (χ4v) is 2.68. The lowest BCUT2D eigenvalue weighted by molar-refractivity contribution is 0.111. The van der Waals surface area contributed by atoms with Crippen molar-refractivity contribution in [2.75, 3.05) is 0 Å². The molecule has 2 N–H and O–H groups in total. The van der Waals surface area contributed by atoms with Gasteiger partial charge in [0.1, 0.15) is 5.52 Å². The van der Waals surface area contributed by atoms with Crippen LogP contribution in [0.1, 0.15) is 31.7 Å². The number of halogens is 1. The van der Waals surface area contributed by atoms with Gasteiger partial charge in [-0.2, -0.15) is 4.98 Å². The van der Waals surface area contributed by atoms with Crippen molar-refractivity contribution in [2.24, 2.45) is 0 Å². The van der Waals surface area contributed by atoms with E-state index in [1.54, 1.807) is 4.57 Å². The number of nitrogens with one attached hydrogen (secondary N) is 1. The van der Waals surface area contributed by atoms with Gasteiger partial charge in [-0.3, -0.25) is 4.57 Å². The highest BCUT2D eigenvalue weighted by atomic mass is 35.5. The molecule has 0 radical (unpaired) electrons. The maximum atomic E-state index is 12.0.